The molecule has 1 aromatic heterocycles. The lowest BCUT2D eigenvalue weighted by molar-refractivity contribution is -0.123. The number of alkyl halides is 2. The van der Waals surface area contributed by atoms with Crippen LogP contribution in [0.25, 0.3) is 11.3 Å². The summed E-state index contributed by atoms with van der Waals surface area (Å²) >= 11 is 37.8. The number of H-pyrrole nitrogens is 1. The van der Waals surface area contributed by atoms with Crippen LogP contribution in [0.5, 0.6) is 23.0 Å². The summed E-state index contributed by atoms with van der Waals surface area (Å²) < 4.78 is 23.3. The monoisotopic (exact) mass is 2100 g/mol. The van der Waals surface area contributed by atoms with Crippen molar-refractivity contribution in [2.45, 2.75) is 211 Å². The molecular formula is C106H133BrCl6N12O15. The summed E-state index contributed by atoms with van der Waals surface area (Å²) in [5, 5.41) is 49.0. The van der Waals surface area contributed by atoms with E-state index < -0.39 is 48.2 Å². The molecule has 6 atom stereocenters. The van der Waals surface area contributed by atoms with Gasteiger partial charge in [-0.25, -0.2) is 0 Å². The standard InChI is InChI=1S/C26H31ClN4O3.C26H31ClN2O4.C26H29ClN2O4.C20H22BrClN2O3.C6H10O.CH2Cl2.CH4.H4N2/c1-15(2)21-14-22(31-30-21)18-8-6-17(7-9-18)12-23(26(33)28-5)29-25(32)19-10-11-24(20(27)13-19)34-16(3)4;2*1-16(2)23(30)12-10-18-6-8-19(9-7-18)14-22(26(32)28-5)29-25(31)20-11-13-24(21(27)15-20)33-17(3)4;1-12(2)27-18-9-6-14(11-16(18)22)19(25)24-17(20(26)23-3)10-13-4-7-15(21)8-5-13;1-4-6(7)5(2)3;2-1-3;;1-2/h6-11,13-16,23H,12H2,1-5H3,(H,28,33)(H,29,32)(H,30,31);6-9,11,13,15-17,22-23,30H,14H2,1-5H3,(H,28,32)(H,29,31);6-9,11,13,15-17,22H,14H2,1-5H3,(H,28,32)(H,29,31);4-9,11-12,17H,10H2,1-3H3,(H,23,26)(H,24,25);1,5-7H,2-3H3;1H2;1H4;1-2H2/t23-;22-,23?;22-;17-;;;;/m0000..../s1. The van der Waals surface area contributed by atoms with Crippen molar-refractivity contribution in [2.24, 2.45) is 29.4 Å². The van der Waals surface area contributed by atoms with Crippen LogP contribution < -0.4 is 73.2 Å². The number of hydrazine groups is 1. The molecule has 0 fully saturated rings. The van der Waals surface area contributed by atoms with E-state index in [2.05, 4.69) is 124 Å². The fraction of sp³-hybridized carbons (Fsp3) is 0.377. The third-order valence-corrected chi connectivity index (χ3v) is 21.1. The Kier molecular flexibility index (Phi) is 58.1. The van der Waals surface area contributed by atoms with Gasteiger partial charge >= 0.3 is 0 Å². The number of carbonyl (C=O) groups is 9. The van der Waals surface area contributed by atoms with E-state index in [1.165, 1.54) is 39.3 Å². The molecule has 0 saturated heterocycles. The number of nitrogens with zero attached hydrogens (tertiary/aromatic N) is 1. The largest absolute Gasteiger partial charge is 0.489 e. The molecule has 27 nitrogen and oxygen atoms in total. The molecule has 0 bridgehead atoms. The number of rotatable bonds is 33. The van der Waals surface area contributed by atoms with Crippen LogP contribution in [0.15, 0.2) is 180 Å². The van der Waals surface area contributed by atoms with Crippen LogP contribution >= 0.6 is 85.5 Å². The minimum atomic E-state index is -0.785. The predicted molar refractivity (Wildman–Crippen MR) is 566 cm³/mol. The third kappa shape index (κ3) is 45.3. The quantitative estimate of drug-likeness (QED) is 0.00786. The summed E-state index contributed by atoms with van der Waals surface area (Å²) in [5.41, 5.74) is 9.30. The fourth-order valence-corrected chi connectivity index (χ4v) is 13.0. The third-order valence-electron chi connectivity index (χ3n) is 19.4. The normalized spacial score (nSPS) is 11.7. The topological polar surface area (TPSA) is 408 Å². The van der Waals surface area contributed by atoms with Crippen LogP contribution in [0.2, 0.25) is 20.1 Å². The van der Waals surface area contributed by atoms with Crippen molar-refractivity contribution in [1.29, 1.82) is 0 Å². The Labute approximate surface area is 863 Å². The number of nitrogens with one attached hydrogen (secondary N) is 9. The minimum Gasteiger partial charge on any atom is -0.489 e. The molecule has 0 aliphatic carbocycles. The first kappa shape index (κ1) is 124. The van der Waals surface area contributed by atoms with Gasteiger partial charge < -0.3 is 71.7 Å². The average Bonchev–Trinajstić information content (AvgIpc) is 1.45. The lowest BCUT2D eigenvalue weighted by Gasteiger charge is -2.18. The zero-order chi connectivity index (χ0) is 104. The maximum Gasteiger partial charge on any atom is 0.251 e. The molecule has 756 valence electrons. The number of Topliss-reactive ketones (excluding diaryl/α,β-unsaturated/α-hetero) is 1. The van der Waals surface area contributed by atoms with Crippen molar-refractivity contribution in [2.75, 3.05) is 33.5 Å². The zero-order valence-electron chi connectivity index (χ0n) is 81.9. The van der Waals surface area contributed by atoms with Gasteiger partial charge in [0.2, 0.25) is 29.4 Å². The van der Waals surface area contributed by atoms with Gasteiger partial charge in [0.25, 0.3) is 23.6 Å². The molecule has 34 heteroatoms. The molecule has 0 spiro atoms. The summed E-state index contributed by atoms with van der Waals surface area (Å²) in [4.78, 5) is 112. The Morgan fingerprint density at radius 3 is 0.914 bits per heavy atom. The van der Waals surface area contributed by atoms with E-state index >= 15 is 0 Å². The van der Waals surface area contributed by atoms with E-state index in [9.17, 15) is 48.3 Å². The molecule has 8 amide bonds. The summed E-state index contributed by atoms with van der Waals surface area (Å²) in [7, 11) is 6.12. The Hall–Kier alpha value is -11.7. The molecule has 2 unspecified atom stereocenters. The number of benzene rings is 8. The second-order valence-electron chi connectivity index (χ2n) is 33.4. The molecule has 0 saturated carbocycles. The van der Waals surface area contributed by atoms with E-state index in [4.69, 9.17) is 100 Å². The van der Waals surface area contributed by atoms with E-state index in [0.717, 1.165) is 49.2 Å². The van der Waals surface area contributed by atoms with Crippen LogP contribution in [-0.2, 0) is 49.7 Å². The number of carbonyl (C=O) groups excluding carboxylic acids is 9. The number of ether oxygens (including phenoxy) is 4. The highest BCUT2D eigenvalue weighted by atomic mass is 79.9. The van der Waals surface area contributed by atoms with Gasteiger partial charge in [-0.1, -0.05) is 209 Å². The second kappa shape index (κ2) is 65.4. The van der Waals surface area contributed by atoms with Crippen molar-refractivity contribution in [3.63, 3.8) is 0 Å². The van der Waals surface area contributed by atoms with E-state index in [0.29, 0.717) is 96.1 Å². The molecule has 9 rings (SSSR count). The van der Waals surface area contributed by atoms with Crippen molar-refractivity contribution in [3.8, 4) is 70.3 Å². The van der Waals surface area contributed by atoms with Crippen LogP contribution in [0.3, 0.4) is 0 Å². The molecule has 0 aliphatic rings. The number of aliphatic hydroxyl groups is 2. The van der Waals surface area contributed by atoms with Gasteiger partial charge in [0.15, 0.2) is 0 Å². The van der Waals surface area contributed by atoms with Crippen molar-refractivity contribution in [3.05, 3.63) is 262 Å². The fourth-order valence-electron chi connectivity index (χ4n) is 11.9. The minimum absolute atomic E-state index is 0. The van der Waals surface area contributed by atoms with Crippen LogP contribution in [0.1, 0.15) is 205 Å². The number of ketones is 1. The van der Waals surface area contributed by atoms with Crippen molar-refractivity contribution in [1.82, 2.24) is 52.7 Å². The first-order chi connectivity index (χ1) is 65.8. The molecule has 8 aromatic carbocycles. The maximum atomic E-state index is 12.8. The van der Waals surface area contributed by atoms with E-state index in [1.54, 1.807) is 87.6 Å². The Morgan fingerprint density at radius 1 is 0.414 bits per heavy atom. The van der Waals surface area contributed by atoms with Crippen LogP contribution in [-0.4, -0.2) is 168 Å². The number of terminal acetylenes is 1. The van der Waals surface area contributed by atoms with Crippen molar-refractivity contribution >= 4 is 139 Å². The second-order valence-corrected chi connectivity index (χ2v) is 36.7. The summed E-state index contributed by atoms with van der Waals surface area (Å²) in [6, 6.07) is 48.2. The molecule has 0 aliphatic heterocycles. The van der Waals surface area contributed by atoms with Gasteiger partial charge in [0.1, 0.15) is 59.4 Å². The van der Waals surface area contributed by atoms with Gasteiger partial charge in [0, 0.05) is 109 Å². The van der Waals surface area contributed by atoms with Gasteiger partial charge in [-0.2, -0.15) is 5.10 Å². The Balaban J connectivity index is 0.000000606. The Morgan fingerprint density at radius 2 is 0.686 bits per heavy atom. The highest BCUT2D eigenvalue weighted by Crippen LogP contribution is 2.32. The number of hydrogen-bond donors (Lipinski definition) is 13. The summed E-state index contributed by atoms with van der Waals surface area (Å²) in [6.45, 7) is 30.5. The lowest BCUT2D eigenvalue weighted by atomic mass is 10.0. The van der Waals surface area contributed by atoms with E-state index in [-0.39, 0.29) is 103 Å². The number of aliphatic hydroxyl groups excluding tert-OH is 2. The molecule has 140 heavy (non-hydrogen) atoms. The smallest absolute Gasteiger partial charge is 0.251 e. The number of likely N-dealkylation sites (N-methyl/N-ethyl adjacent to an activating group) is 4. The number of halogens is 7. The molecule has 9 aromatic rings. The lowest BCUT2D eigenvalue weighted by Crippen LogP contribution is -2.47. The summed E-state index contributed by atoms with van der Waals surface area (Å²) in [5.74, 6) is 21.0. The highest BCUT2D eigenvalue weighted by Gasteiger charge is 2.28. The SMILES string of the molecule is C.C#CC(O)C(C)C.CNC(=O)[C@H](Cc1ccc(-c2cc(C(C)C)[nH]n2)cc1)NC(=O)c1ccc(OC(C)C)c(Cl)c1.CNC(=O)[C@H](Cc1ccc(Br)cc1)NC(=O)c1ccc(OC(C)C)c(Cl)c1.CNC(=O)[C@H](Cc1ccc(C#CC(=O)C(C)C)cc1)NC(=O)c1ccc(OC(C)C)c(Cl)c1.CNC(=O)[C@H](Cc1ccc(C#CC(O)C(C)C)cc1)NC(=O)c1ccc(OC(C)C)c(Cl)c1.ClCCl.NN. The highest BCUT2D eigenvalue weighted by molar-refractivity contribution is 9.10. The average molecular weight is 2110 g/mol. The number of aromatic amines is 1. The zero-order valence-corrected chi connectivity index (χ0v) is 88.0. The summed E-state index contributed by atoms with van der Waals surface area (Å²) in [6.07, 6.45) is 4.77. The molecule has 15 N–H and O–H groups in total. The number of amides is 8. The van der Waals surface area contributed by atoms with Gasteiger partial charge in [-0.3, -0.25) is 59.9 Å². The van der Waals surface area contributed by atoms with Gasteiger partial charge in [-0.15, -0.1) is 29.6 Å². The molecule has 0 radical (unpaired) electrons. The van der Waals surface area contributed by atoms with Gasteiger partial charge in [0.05, 0.1) is 55.5 Å². The Bertz CT molecular complexity index is 5620. The molecular weight excluding hydrogens is 1970 g/mol. The number of nitrogens with two attached hydrogens (primary N) is 2. The molecule has 1 heterocycles. The van der Waals surface area contributed by atoms with Gasteiger partial charge in [-0.05, 0) is 217 Å². The van der Waals surface area contributed by atoms with E-state index in [1.807, 2.05) is 174 Å². The maximum absolute atomic E-state index is 12.8. The van der Waals surface area contributed by atoms with Crippen LogP contribution in [0, 0.1) is 53.8 Å². The number of hydrogen-bond acceptors (Lipinski definition) is 18. The number of aromatic nitrogens is 2. The first-order valence-electron chi connectivity index (χ1n) is 44.6. The van der Waals surface area contributed by atoms with Crippen molar-refractivity contribution < 1.29 is 72.3 Å². The first-order valence-corrected chi connectivity index (χ1v) is 48.0. The van der Waals surface area contributed by atoms with Crippen LogP contribution in [0.4, 0.5) is 0 Å². The predicted octanol–water partition coefficient (Wildman–Crippen LogP) is 17.6.